The second-order valence-electron chi connectivity index (χ2n) is 3.70. The lowest BCUT2D eigenvalue weighted by Gasteiger charge is -2.10. The molecule has 5 heteroatoms. The van der Waals surface area contributed by atoms with E-state index in [0.717, 1.165) is 45.8 Å². The Hall–Kier alpha value is -0.390. The van der Waals surface area contributed by atoms with Crippen molar-refractivity contribution in [2.75, 3.05) is 39.5 Å². The van der Waals surface area contributed by atoms with Crippen LogP contribution in [0.2, 0.25) is 0 Å². The van der Waals surface area contributed by atoms with Crippen LogP contribution in [-0.2, 0) is 9.47 Å². The van der Waals surface area contributed by atoms with Gasteiger partial charge in [-0.3, -0.25) is 0 Å². The highest BCUT2D eigenvalue weighted by molar-refractivity contribution is 7.80. The number of nitrogens with one attached hydrogen (secondary N) is 2. The van der Waals surface area contributed by atoms with E-state index in [2.05, 4.69) is 17.6 Å². The van der Waals surface area contributed by atoms with E-state index in [0.29, 0.717) is 11.7 Å². The van der Waals surface area contributed by atoms with Gasteiger partial charge >= 0.3 is 0 Å². The third kappa shape index (κ3) is 13.5. The lowest BCUT2D eigenvalue weighted by Crippen LogP contribution is -2.37. The average Bonchev–Trinajstić information content (AvgIpc) is 2.33. The van der Waals surface area contributed by atoms with Crippen molar-refractivity contribution in [1.82, 2.24) is 10.6 Å². The predicted molar refractivity (Wildman–Crippen MR) is 75.4 cm³/mol. The van der Waals surface area contributed by atoms with E-state index in [1.165, 1.54) is 6.42 Å². The molecule has 17 heavy (non-hydrogen) atoms. The third-order valence-electron chi connectivity index (χ3n) is 2.13. The molecule has 0 aromatic carbocycles. The number of hydrogen-bond donors (Lipinski definition) is 2. The van der Waals surface area contributed by atoms with Crippen LogP contribution in [0, 0.1) is 0 Å². The monoisotopic (exact) mass is 262 g/mol. The van der Waals surface area contributed by atoms with Gasteiger partial charge in [0.1, 0.15) is 0 Å². The summed E-state index contributed by atoms with van der Waals surface area (Å²) in [5, 5.41) is 6.93. The lowest BCUT2D eigenvalue weighted by molar-refractivity contribution is 0.136. The molecule has 0 aliphatic carbocycles. The van der Waals surface area contributed by atoms with Crippen LogP contribution in [-0.4, -0.2) is 44.6 Å². The van der Waals surface area contributed by atoms with Gasteiger partial charge < -0.3 is 20.1 Å². The van der Waals surface area contributed by atoms with Crippen molar-refractivity contribution in [1.29, 1.82) is 0 Å². The number of hydrogen-bond acceptors (Lipinski definition) is 3. The summed E-state index contributed by atoms with van der Waals surface area (Å²) in [5.41, 5.74) is 0. The first kappa shape index (κ1) is 16.6. The maximum atomic E-state index is 5.41. The van der Waals surface area contributed by atoms with E-state index in [9.17, 15) is 0 Å². The van der Waals surface area contributed by atoms with Gasteiger partial charge in [0.2, 0.25) is 0 Å². The molecule has 0 spiro atoms. The lowest BCUT2D eigenvalue weighted by atomic mass is 10.4. The van der Waals surface area contributed by atoms with Gasteiger partial charge in [-0.05, 0) is 32.0 Å². The van der Waals surface area contributed by atoms with Crippen LogP contribution in [0.1, 0.15) is 33.1 Å². The molecular weight excluding hydrogens is 236 g/mol. The van der Waals surface area contributed by atoms with Gasteiger partial charge in [-0.25, -0.2) is 0 Å². The summed E-state index contributed by atoms with van der Waals surface area (Å²) in [6, 6.07) is 0. The number of unbranched alkanes of at least 4 members (excludes halogenated alkanes) is 1. The van der Waals surface area contributed by atoms with Gasteiger partial charge in [-0.2, -0.15) is 0 Å². The Balaban J connectivity index is 3.12. The Bertz CT molecular complexity index is 180. The van der Waals surface area contributed by atoms with E-state index >= 15 is 0 Å². The highest BCUT2D eigenvalue weighted by atomic mass is 32.1. The number of rotatable bonds is 11. The van der Waals surface area contributed by atoms with Crippen LogP contribution in [0.5, 0.6) is 0 Å². The largest absolute Gasteiger partial charge is 0.382 e. The van der Waals surface area contributed by atoms with Crippen LogP contribution in [0.15, 0.2) is 0 Å². The van der Waals surface area contributed by atoms with Crippen LogP contribution in [0.25, 0.3) is 0 Å². The molecule has 0 unspecified atom stereocenters. The molecule has 102 valence electrons. The van der Waals surface area contributed by atoms with E-state index < -0.39 is 0 Å². The third-order valence-corrected chi connectivity index (χ3v) is 2.42. The van der Waals surface area contributed by atoms with Gasteiger partial charge in [0.25, 0.3) is 0 Å². The van der Waals surface area contributed by atoms with Crippen LogP contribution < -0.4 is 10.6 Å². The molecule has 0 saturated carbocycles. The van der Waals surface area contributed by atoms with Crippen molar-refractivity contribution >= 4 is 17.3 Å². The van der Waals surface area contributed by atoms with E-state index in [4.69, 9.17) is 21.7 Å². The zero-order valence-corrected chi connectivity index (χ0v) is 11.9. The fourth-order valence-corrected chi connectivity index (χ4v) is 1.37. The minimum absolute atomic E-state index is 0.695. The molecule has 0 radical (unpaired) electrons. The summed E-state index contributed by atoms with van der Waals surface area (Å²) in [6.45, 7) is 8.88. The zero-order chi connectivity index (χ0) is 12.8. The first-order valence-electron chi connectivity index (χ1n) is 6.48. The molecule has 0 bridgehead atoms. The molecular formula is C12H26N2O2S. The van der Waals surface area contributed by atoms with Crippen LogP contribution >= 0.6 is 12.2 Å². The van der Waals surface area contributed by atoms with E-state index in [1.54, 1.807) is 0 Å². The molecule has 0 aromatic heterocycles. The van der Waals surface area contributed by atoms with Crippen molar-refractivity contribution in [3.63, 3.8) is 0 Å². The first-order valence-corrected chi connectivity index (χ1v) is 6.89. The van der Waals surface area contributed by atoms with Crippen LogP contribution in [0.4, 0.5) is 0 Å². The Morgan fingerprint density at radius 1 is 0.941 bits per heavy atom. The second kappa shape index (κ2) is 13.7. The Kier molecular flexibility index (Phi) is 13.4. The molecule has 0 heterocycles. The fraction of sp³-hybridized carbons (Fsp3) is 0.917. The SMILES string of the molecule is CCCCOCCNC(=S)NCCCOCC. The highest BCUT2D eigenvalue weighted by Gasteiger charge is 1.94. The smallest absolute Gasteiger partial charge is 0.166 e. The summed E-state index contributed by atoms with van der Waals surface area (Å²) in [6.07, 6.45) is 3.27. The highest BCUT2D eigenvalue weighted by Crippen LogP contribution is 1.86. The standard InChI is InChI=1S/C12H26N2O2S/c1-3-5-9-16-11-8-14-12(17)13-7-6-10-15-4-2/h3-11H2,1-2H3,(H2,13,14,17). The molecule has 0 aliphatic heterocycles. The summed E-state index contributed by atoms with van der Waals surface area (Å²) in [4.78, 5) is 0. The maximum absolute atomic E-state index is 5.41. The molecule has 0 amide bonds. The van der Waals surface area contributed by atoms with Gasteiger partial charge in [0, 0.05) is 32.9 Å². The summed E-state index contributed by atoms with van der Waals surface area (Å²) >= 11 is 5.11. The van der Waals surface area contributed by atoms with E-state index in [1.807, 2.05) is 6.92 Å². The zero-order valence-electron chi connectivity index (χ0n) is 11.1. The van der Waals surface area contributed by atoms with Gasteiger partial charge in [-0.1, -0.05) is 13.3 Å². The molecule has 0 rings (SSSR count). The first-order chi connectivity index (χ1) is 8.31. The van der Waals surface area contributed by atoms with Crippen molar-refractivity contribution in [2.45, 2.75) is 33.1 Å². The Morgan fingerprint density at radius 2 is 1.65 bits per heavy atom. The minimum atomic E-state index is 0.695. The molecule has 2 N–H and O–H groups in total. The Labute approximate surface area is 110 Å². The molecule has 0 aliphatic rings. The van der Waals surface area contributed by atoms with Crippen molar-refractivity contribution < 1.29 is 9.47 Å². The molecule has 0 fully saturated rings. The van der Waals surface area contributed by atoms with Crippen molar-refractivity contribution in [3.05, 3.63) is 0 Å². The van der Waals surface area contributed by atoms with Gasteiger partial charge in [-0.15, -0.1) is 0 Å². The quantitative estimate of drug-likeness (QED) is 0.438. The minimum Gasteiger partial charge on any atom is -0.382 e. The summed E-state index contributed by atoms with van der Waals surface area (Å²) in [5.74, 6) is 0. The number of thiocarbonyl (C=S) groups is 1. The average molecular weight is 262 g/mol. The molecule has 0 atom stereocenters. The van der Waals surface area contributed by atoms with Crippen molar-refractivity contribution in [2.24, 2.45) is 0 Å². The van der Waals surface area contributed by atoms with Crippen molar-refractivity contribution in [3.8, 4) is 0 Å². The fourth-order valence-electron chi connectivity index (χ4n) is 1.17. The van der Waals surface area contributed by atoms with Gasteiger partial charge in [0.05, 0.1) is 6.61 Å². The Morgan fingerprint density at radius 3 is 2.35 bits per heavy atom. The normalized spacial score (nSPS) is 10.2. The maximum Gasteiger partial charge on any atom is 0.166 e. The molecule has 0 saturated heterocycles. The number of ether oxygens (including phenoxy) is 2. The predicted octanol–water partition coefficient (Wildman–Crippen LogP) is 1.69. The molecule has 0 aromatic rings. The topological polar surface area (TPSA) is 42.5 Å². The second-order valence-corrected chi connectivity index (χ2v) is 4.11. The van der Waals surface area contributed by atoms with E-state index in [-0.39, 0.29) is 0 Å². The summed E-state index contributed by atoms with van der Waals surface area (Å²) in [7, 11) is 0. The van der Waals surface area contributed by atoms with Crippen LogP contribution in [0.3, 0.4) is 0 Å². The summed E-state index contributed by atoms with van der Waals surface area (Å²) < 4.78 is 10.6. The van der Waals surface area contributed by atoms with Gasteiger partial charge in [0.15, 0.2) is 5.11 Å². The molecule has 4 nitrogen and oxygen atoms in total.